The van der Waals surface area contributed by atoms with Gasteiger partial charge in [0.25, 0.3) is 0 Å². The zero-order valence-corrected chi connectivity index (χ0v) is 14.3. The van der Waals surface area contributed by atoms with E-state index in [9.17, 15) is 9.18 Å². The lowest BCUT2D eigenvalue weighted by atomic mass is 9.94. The third-order valence-electron chi connectivity index (χ3n) is 4.61. The summed E-state index contributed by atoms with van der Waals surface area (Å²) in [5.41, 5.74) is 8.46. The molecule has 1 fully saturated rings. The van der Waals surface area contributed by atoms with E-state index in [1.165, 1.54) is 12.1 Å². The van der Waals surface area contributed by atoms with Crippen LogP contribution in [0.1, 0.15) is 23.6 Å². The van der Waals surface area contributed by atoms with Crippen LogP contribution in [-0.2, 0) is 11.2 Å². The predicted molar refractivity (Wildman–Crippen MR) is 94.0 cm³/mol. The Morgan fingerprint density at radius 1 is 1.32 bits per heavy atom. The minimum Gasteiger partial charge on any atom is -0.345 e. The Hall–Kier alpha value is -2.31. The molecule has 5 nitrogen and oxygen atoms in total. The lowest BCUT2D eigenvalue weighted by molar-refractivity contribution is -0.130. The Morgan fingerprint density at radius 3 is 2.84 bits per heavy atom. The fourth-order valence-corrected chi connectivity index (χ4v) is 3.17. The molecule has 0 saturated carbocycles. The highest BCUT2D eigenvalue weighted by atomic mass is 19.1. The number of amides is 1. The summed E-state index contributed by atoms with van der Waals surface area (Å²) in [5.74, 6) is 0.111. The summed E-state index contributed by atoms with van der Waals surface area (Å²) in [6, 6.07) is 10.4. The molecule has 132 valence electrons. The number of carbonyl (C=O) groups is 1. The van der Waals surface area contributed by atoms with Crippen LogP contribution in [0.5, 0.6) is 0 Å². The van der Waals surface area contributed by atoms with Crippen LogP contribution in [0, 0.1) is 11.7 Å². The third-order valence-corrected chi connectivity index (χ3v) is 4.61. The maximum absolute atomic E-state index is 13.1. The van der Waals surface area contributed by atoms with Crippen molar-refractivity contribution in [2.24, 2.45) is 5.92 Å². The summed E-state index contributed by atoms with van der Waals surface area (Å²) >= 11 is 0. The van der Waals surface area contributed by atoms with Crippen molar-refractivity contribution in [3.8, 4) is 0 Å². The molecule has 25 heavy (non-hydrogen) atoms. The normalized spacial score (nSPS) is 19.8. The van der Waals surface area contributed by atoms with Crippen LogP contribution in [-0.4, -0.2) is 35.9 Å². The molecule has 2 unspecified atom stereocenters. The maximum atomic E-state index is 13.1. The molecular weight excluding hydrogens is 319 g/mol. The van der Waals surface area contributed by atoms with Crippen LogP contribution >= 0.6 is 0 Å². The van der Waals surface area contributed by atoms with E-state index in [1.54, 1.807) is 29.4 Å². The van der Waals surface area contributed by atoms with Crippen LogP contribution in [0.15, 0.2) is 48.8 Å². The van der Waals surface area contributed by atoms with Gasteiger partial charge < -0.3 is 4.90 Å². The number of hydrogen-bond acceptors (Lipinski definition) is 4. The standard InChI is InChI=1S/C19H23FN4O/c1-24(18(25)9-4-14-3-2-10-21-11-14)13-16-12-22-23-19(16)15-5-7-17(20)8-6-15/h2-3,5-8,10-11,16,19,22-23H,4,9,12-13H2,1H3. The molecule has 1 saturated heterocycles. The lowest BCUT2D eigenvalue weighted by Gasteiger charge is -2.25. The van der Waals surface area contributed by atoms with Gasteiger partial charge >= 0.3 is 0 Å². The maximum Gasteiger partial charge on any atom is 0.222 e. The summed E-state index contributed by atoms with van der Waals surface area (Å²) in [7, 11) is 1.84. The number of rotatable bonds is 6. The molecule has 1 aliphatic rings. The van der Waals surface area contributed by atoms with Gasteiger partial charge in [0.2, 0.25) is 5.91 Å². The molecular formula is C19H23FN4O. The minimum atomic E-state index is -0.242. The SMILES string of the molecule is CN(CC1CNNC1c1ccc(F)cc1)C(=O)CCc1cccnc1. The highest BCUT2D eigenvalue weighted by Crippen LogP contribution is 2.25. The molecule has 0 spiro atoms. The number of halogens is 1. The van der Waals surface area contributed by atoms with Gasteiger partial charge in [0.15, 0.2) is 0 Å². The van der Waals surface area contributed by atoms with Crippen LogP contribution in [0.2, 0.25) is 0 Å². The minimum absolute atomic E-state index is 0.0640. The smallest absolute Gasteiger partial charge is 0.222 e. The highest BCUT2D eigenvalue weighted by Gasteiger charge is 2.30. The van der Waals surface area contributed by atoms with Crippen molar-refractivity contribution in [1.29, 1.82) is 0 Å². The summed E-state index contributed by atoms with van der Waals surface area (Å²) < 4.78 is 13.1. The van der Waals surface area contributed by atoms with E-state index in [2.05, 4.69) is 15.8 Å². The van der Waals surface area contributed by atoms with Gasteiger partial charge in [-0.3, -0.25) is 15.2 Å². The number of hydrazine groups is 1. The van der Waals surface area contributed by atoms with E-state index in [0.29, 0.717) is 19.4 Å². The first-order chi connectivity index (χ1) is 12.1. The van der Waals surface area contributed by atoms with Crippen molar-refractivity contribution in [2.75, 3.05) is 20.1 Å². The molecule has 2 N–H and O–H groups in total. The van der Waals surface area contributed by atoms with Gasteiger partial charge in [-0.25, -0.2) is 9.82 Å². The van der Waals surface area contributed by atoms with Crippen molar-refractivity contribution in [3.05, 3.63) is 65.7 Å². The lowest BCUT2D eigenvalue weighted by Crippen LogP contribution is -2.34. The number of nitrogens with zero attached hydrogens (tertiary/aromatic N) is 2. The Balaban J connectivity index is 1.54. The first kappa shape index (κ1) is 17.5. The molecule has 2 atom stereocenters. The third kappa shape index (κ3) is 4.61. The second-order valence-electron chi connectivity index (χ2n) is 6.45. The van der Waals surface area contributed by atoms with Crippen molar-refractivity contribution in [3.63, 3.8) is 0 Å². The first-order valence-electron chi connectivity index (χ1n) is 8.50. The van der Waals surface area contributed by atoms with Gasteiger partial charge in [0, 0.05) is 44.9 Å². The average molecular weight is 342 g/mol. The highest BCUT2D eigenvalue weighted by molar-refractivity contribution is 5.76. The van der Waals surface area contributed by atoms with Crippen LogP contribution < -0.4 is 10.9 Å². The zero-order chi connectivity index (χ0) is 17.6. The summed E-state index contributed by atoms with van der Waals surface area (Å²) in [6.07, 6.45) is 4.69. The van der Waals surface area contributed by atoms with E-state index in [1.807, 2.05) is 19.2 Å². The number of aryl methyl sites for hydroxylation is 1. The van der Waals surface area contributed by atoms with Gasteiger partial charge in [-0.15, -0.1) is 0 Å². The zero-order valence-electron chi connectivity index (χ0n) is 14.3. The number of carbonyl (C=O) groups excluding carboxylic acids is 1. The summed E-state index contributed by atoms with van der Waals surface area (Å²) in [4.78, 5) is 18.3. The van der Waals surface area contributed by atoms with E-state index in [0.717, 1.165) is 17.7 Å². The molecule has 1 amide bonds. The van der Waals surface area contributed by atoms with Crippen molar-refractivity contribution in [1.82, 2.24) is 20.7 Å². The largest absolute Gasteiger partial charge is 0.345 e. The molecule has 2 aromatic rings. The number of nitrogens with one attached hydrogen (secondary N) is 2. The van der Waals surface area contributed by atoms with Crippen LogP contribution in [0.25, 0.3) is 0 Å². The van der Waals surface area contributed by atoms with Gasteiger partial charge in [-0.05, 0) is 35.7 Å². The number of aromatic nitrogens is 1. The van der Waals surface area contributed by atoms with Crippen LogP contribution in [0.4, 0.5) is 4.39 Å². The van der Waals surface area contributed by atoms with Gasteiger partial charge in [-0.1, -0.05) is 18.2 Å². The molecule has 3 rings (SSSR count). The predicted octanol–water partition coefficient (Wildman–Crippen LogP) is 2.08. The molecule has 0 bridgehead atoms. The first-order valence-corrected chi connectivity index (χ1v) is 8.50. The van der Waals surface area contributed by atoms with Gasteiger partial charge in [0.05, 0.1) is 6.04 Å². The second kappa shape index (κ2) is 8.18. The van der Waals surface area contributed by atoms with E-state index in [-0.39, 0.29) is 23.7 Å². The fraction of sp³-hybridized carbons (Fsp3) is 0.368. The topological polar surface area (TPSA) is 57.3 Å². The number of hydrogen-bond donors (Lipinski definition) is 2. The van der Waals surface area contributed by atoms with Crippen molar-refractivity contribution in [2.45, 2.75) is 18.9 Å². The molecule has 0 aliphatic carbocycles. The van der Waals surface area contributed by atoms with Gasteiger partial charge in [-0.2, -0.15) is 0 Å². The quantitative estimate of drug-likeness (QED) is 0.844. The number of pyridine rings is 1. The average Bonchev–Trinajstić information content (AvgIpc) is 3.09. The monoisotopic (exact) mass is 342 g/mol. The fourth-order valence-electron chi connectivity index (χ4n) is 3.17. The Labute approximate surface area is 147 Å². The molecule has 0 radical (unpaired) electrons. The summed E-state index contributed by atoms with van der Waals surface area (Å²) in [5, 5.41) is 0. The van der Waals surface area contributed by atoms with E-state index >= 15 is 0 Å². The van der Waals surface area contributed by atoms with Crippen molar-refractivity contribution >= 4 is 5.91 Å². The Kier molecular flexibility index (Phi) is 5.73. The molecule has 2 heterocycles. The Morgan fingerprint density at radius 2 is 2.12 bits per heavy atom. The molecule has 1 aliphatic heterocycles. The molecule has 6 heteroatoms. The molecule has 1 aromatic carbocycles. The van der Waals surface area contributed by atoms with Crippen molar-refractivity contribution < 1.29 is 9.18 Å². The van der Waals surface area contributed by atoms with E-state index in [4.69, 9.17) is 0 Å². The van der Waals surface area contributed by atoms with E-state index < -0.39 is 0 Å². The van der Waals surface area contributed by atoms with Gasteiger partial charge in [0.1, 0.15) is 5.82 Å². The summed E-state index contributed by atoms with van der Waals surface area (Å²) in [6.45, 7) is 1.41. The van der Waals surface area contributed by atoms with Crippen LogP contribution in [0.3, 0.4) is 0 Å². The Bertz CT molecular complexity index is 692. The second-order valence-corrected chi connectivity index (χ2v) is 6.45. The molecule has 1 aromatic heterocycles. The number of benzene rings is 1.